The van der Waals surface area contributed by atoms with Crippen molar-refractivity contribution in [2.45, 2.75) is 0 Å². The van der Waals surface area contributed by atoms with Crippen molar-refractivity contribution < 1.29 is 0 Å². The second-order valence-corrected chi connectivity index (χ2v) is 6.39. The average molecular weight is 430 g/mol. The molecule has 0 saturated heterocycles. The van der Waals surface area contributed by atoms with Gasteiger partial charge in [-0.25, -0.2) is 0 Å². The monoisotopic (exact) mass is 427 g/mol. The zero-order valence-electron chi connectivity index (χ0n) is 10.5. The summed E-state index contributed by atoms with van der Waals surface area (Å²) >= 11 is 13.2. The second kappa shape index (κ2) is 5.75. The van der Waals surface area contributed by atoms with Gasteiger partial charge in [0.2, 0.25) is 0 Å². The number of nitrogen functional groups attached to an aromatic ring is 1. The molecule has 1 aromatic heterocycles. The molecule has 0 aliphatic heterocycles. The molecule has 0 unspecified atom stereocenters. The smallest absolute Gasteiger partial charge is 0.190 e. The molecule has 1 heterocycles. The van der Waals surface area contributed by atoms with Crippen LogP contribution < -0.4 is 5.73 Å². The molecule has 2 N–H and O–H groups in total. The van der Waals surface area contributed by atoms with E-state index in [1.54, 1.807) is 22.9 Å². The molecule has 0 amide bonds. The Balaban J connectivity index is 2.22. The number of aromatic nitrogens is 4. The van der Waals surface area contributed by atoms with Crippen LogP contribution in [0.4, 0.5) is 5.69 Å². The summed E-state index contributed by atoms with van der Waals surface area (Å²) in [5.41, 5.74) is 7.93. The quantitative estimate of drug-likeness (QED) is 0.623. The molecular weight excluding hydrogens is 421 g/mol. The fraction of sp³-hybridized carbons (Fsp3) is 0. The molecule has 3 aromatic rings. The first-order valence-electron chi connectivity index (χ1n) is 5.86. The zero-order valence-corrected chi connectivity index (χ0v) is 14.4. The van der Waals surface area contributed by atoms with Crippen molar-refractivity contribution in [2.75, 3.05) is 5.73 Å². The van der Waals surface area contributed by atoms with E-state index >= 15 is 0 Å². The molecule has 2 aromatic carbocycles. The Kier molecular flexibility index (Phi) is 3.97. The number of nitrogens with zero attached hydrogens (tertiary/aromatic N) is 4. The highest BCUT2D eigenvalue weighted by atomic mass is 79.9. The summed E-state index contributed by atoms with van der Waals surface area (Å²) in [5.74, 6) is 0.487. The number of tetrazole rings is 1. The van der Waals surface area contributed by atoms with Crippen LogP contribution in [0.2, 0.25) is 5.02 Å². The van der Waals surface area contributed by atoms with Gasteiger partial charge in [-0.3, -0.25) is 0 Å². The van der Waals surface area contributed by atoms with E-state index in [4.69, 9.17) is 17.3 Å². The zero-order chi connectivity index (χ0) is 15.0. The van der Waals surface area contributed by atoms with Crippen LogP contribution >= 0.6 is 43.5 Å². The number of rotatable bonds is 2. The maximum Gasteiger partial charge on any atom is 0.190 e. The predicted octanol–water partition coefficient (Wildman–Crippen LogP) is 4.09. The standard InChI is InChI=1S/C13H8Br2ClN5/c14-7-4-5-11(8(15)6-7)21-13(18-19-20-21)12-9(16)2-1-3-10(12)17/h1-6H,17H2. The minimum atomic E-state index is 0.487. The summed E-state index contributed by atoms with van der Waals surface area (Å²) in [4.78, 5) is 0. The number of halogens is 3. The minimum Gasteiger partial charge on any atom is -0.398 e. The molecule has 0 atom stereocenters. The van der Waals surface area contributed by atoms with Crippen LogP contribution in [-0.2, 0) is 0 Å². The summed E-state index contributed by atoms with van der Waals surface area (Å²) in [6.07, 6.45) is 0. The minimum absolute atomic E-state index is 0.487. The molecule has 3 rings (SSSR count). The highest BCUT2D eigenvalue weighted by molar-refractivity contribution is 9.11. The summed E-state index contributed by atoms with van der Waals surface area (Å²) < 4.78 is 3.38. The Morgan fingerprint density at radius 2 is 1.95 bits per heavy atom. The van der Waals surface area contributed by atoms with E-state index in [-0.39, 0.29) is 0 Å². The summed E-state index contributed by atoms with van der Waals surface area (Å²) in [5, 5.41) is 12.3. The Hall–Kier alpha value is -1.44. The molecule has 0 fully saturated rings. The molecule has 0 radical (unpaired) electrons. The van der Waals surface area contributed by atoms with E-state index in [2.05, 4.69) is 47.4 Å². The molecule has 106 valence electrons. The van der Waals surface area contributed by atoms with Crippen LogP contribution in [0, 0.1) is 0 Å². The van der Waals surface area contributed by atoms with Gasteiger partial charge in [0.15, 0.2) is 5.82 Å². The lowest BCUT2D eigenvalue weighted by molar-refractivity contribution is 0.789. The molecule has 8 heteroatoms. The molecular formula is C13H8Br2ClN5. The van der Waals surface area contributed by atoms with E-state index in [1.807, 2.05) is 18.2 Å². The van der Waals surface area contributed by atoms with E-state index < -0.39 is 0 Å². The van der Waals surface area contributed by atoms with Gasteiger partial charge in [0.05, 0.1) is 16.3 Å². The highest BCUT2D eigenvalue weighted by Gasteiger charge is 2.18. The van der Waals surface area contributed by atoms with Gasteiger partial charge in [-0.1, -0.05) is 33.6 Å². The molecule has 5 nitrogen and oxygen atoms in total. The number of anilines is 1. The maximum absolute atomic E-state index is 6.24. The van der Waals surface area contributed by atoms with Gasteiger partial charge in [0, 0.05) is 14.6 Å². The topological polar surface area (TPSA) is 69.6 Å². The van der Waals surface area contributed by atoms with Crippen LogP contribution in [0.5, 0.6) is 0 Å². The molecule has 0 saturated carbocycles. The second-order valence-electron chi connectivity index (χ2n) is 4.21. The first-order valence-corrected chi connectivity index (χ1v) is 7.82. The Morgan fingerprint density at radius 1 is 1.14 bits per heavy atom. The lowest BCUT2D eigenvalue weighted by atomic mass is 10.1. The van der Waals surface area contributed by atoms with E-state index in [9.17, 15) is 0 Å². The van der Waals surface area contributed by atoms with Crippen LogP contribution in [0.15, 0.2) is 45.3 Å². The van der Waals surface area contributed by atoms with Crippen molar-refractivity contribution in [1.29, 1.82) is 0 Å². The normalized spacial score (nSPS) is 10.8. The molecule has 21 heavy (non-hydrogen) atoms. The molecule has 0 bridgehead atoms. The van der Waals surface area contributed by atoms with Crippen molar-refractivity contribution in [3.63, 3.8) is 0 Å². The van der Waals surface area contributed by atoms with Gasteiger partial charge in [0.25, 0.3) is 0 Å². The van der Waals surface area contributed by atoms with E-state index in [1.165, 1.54) is 0 Å². The SMILES string of the molecule is Nc1cccc(Cl)c1-c1nnnn1-c1ccc(Br)cc1Br. The average Bonchev–Trinajstić information content (AvgIpc) is 2.87. The summed E-state index contributed by atoms with van der Waals surface area (Å²) in [7, 11) is 0. The largest absolute Gasteiger partial charge is 0.398 e. The van der Waals surface area contributed by atoms with Crippen molar-refractivity contribution in [3.05, 3.63) is 50.4 Å². The number of nitrogens with two attached hydrogens (primary N) is 1. The van der Waals surface area contributed by atoms with Gasteiger partial charge in [-0.2, -0.15) is 4.68 Å². The third-order valence-electron chi connectivity index (χ3n) is 2.88. The van der Waals surface area contributed by atoms with Crippen molar-refractivity contribution >= 4 is 49.1 Å². The third kappa shape index (κ3) is 2.68. The lowest BCUT2D eigenvalue weighted by Crippen LogP contribution is -2.03. The van der Waals surface area contributed by atoms with Gasteiger partial charge < -0.3 is 5.73 Å². The fourth-order valence-corrected chi connectivity index (χ4v) is 3.42. The van der Waals surface area contributed by atoms with E-state index in [0.29, 0.717) is 22.1 Å². The van der Waals surface area contributed by atoms with Gasteiger partial charge >= 0.3 is 0 Å². The van der Waals surface area contributed by atoms with E-state index in [0.717, 1.165) is 14.6 Å². The number of hydrogen-bond acceptors (Lipinski definition) is 4. The molecule has 0 aliphatic rings. The highest BCUT2D eigenvalue weighted by Crippen LogP contribution is 2.34. The first-order chi connectivity index (χ1) is 10.1. The van der Waals surface area contributed by atoms with Gasteiger partial charge in [-0.15, -0.1) is 5.10 Å². The lowest BCUT2D eigenvalue weighted by Gasteiger charge is -2.10. The van der Waals surface area contributed by atoms with Crippen molar-refractivity contribution in [1.82, 2.24) is 20.2 Å². The Labute approximate surface area is 142 Å². The fourth-order valence-electron chi connectivity index (χ4n) is 1.94. The third-order valence-corrected chi connectivity index (χ3v) is 4.32. The van der Waals surface area contributed by atoms with Gasteiger partial charge in [-0.05, 0) is 56.7 Å². The molecule has 0 spiro atoms. The van der Waals surface area contributed by atoms with Crippen LogP contribution in [0.1, 0.15) is 0 Å². The first kappa shape index (κ1) is 14.5. The predicted molar refractivity (Wildman–Crippen MR) is 89.4 cm³/mol. The van der Waals surface area contributed by atoms with Crippen molar-refractivity contribution in [3.8, 4) is 17.1 Å². The summed E-state index contributed by atoms with van der Waals surface area (Å²) in [6, 6.07) is 11.0. The number of hydrogen-bond donors (Lipinski definition) is 1. The Morgan fingerprint density at radius 3 is 2.67 bits per heavy atom. The van der Waals surface area contributed by atoms with Crippen LogP contribution in [0.3, 0.4) is 0 Å². The maximum atomic E-state index is 6.24. The van der Waals surface area contributed by atoms with Crippen LogP contribution in [-0.4, -0.2) is 20.2 Å². The van der Waals surface area contributed by atoms with Gasteiger partial charge in [0.1, 0.15) is 0 Å². The van der Waals surface area contributed by atoms with Crippen molar-refractivity contribution in [2.24, 2.45) is 0 Å². The molecule has 0 aliphatic carbocycles. The number of benzene rings is 2. The summed E-state index contributed by atoms with van der Waals surface area (Å²) in [6.45, 7) is 0. The van der Waals surface area contributed by atoms with Crippen LogP contribution in [0.25, 0.3) is 17.1 Å². The Bertz CT molecular complexity index is 798.